The number of aromatic nitrogens is 2. The Morgan fingerprint density at radius 3 is 2.67 bits per heavy atom. The Morgan fingerprint density at radius 2 is 1.93 bits per heavy atom. The van der Waals surface area contributed by atoms with E-state index in [0.717, 1.165) is 32.4 Å². The highest BCUT2D eigenvalue weighted by molar-refractivity contribution is 5.76. The zero-order chi connectivity index (χ0) is 18.5. The maximum absolute atomic E-state index is 12.5. The van der Waals surface area contributed by atoms with Gasteiger partial charge in [0.15, 0.2) is 5.76 Å². The Bertz CT molecular complexity index is 850. The van der Waals surface area contributed by atoms with E-state index in [-0.39, 0.29) is 5.91 Å². The zero-order valence-corrected chi connectivity index (χ0v) is 15.2. The van der Waals surface area contributed by atoms with Crippen LogP contribution in [0.4, 0.5) is 0 Å². The molecule has 0 bridgehead atoms. The Kier molecular flexibility index (Phi) is 5.32. The standard InChI is InChI=1S/C21H23N3O3/c25-20(9-8-19-22-21(23-27-19)18-7-4-14-26-18)24-12-10-17(11-13-24)15-16-5-2-1-3-6-16/h1-7,14,17H,8-13,15H2. The Morgan fingerprint density at radius 1 is 1.11 bits per heavy atom. The molecular formula is C21H23N3O3. The molecule has 0 radical (unpaired) electrons. The Hall–Kier alpha value is -2.89. The minimum absolute atomic E-state index is 0.158. The molecule has 6 nitrogen and oxygen atoms in total. The molecule has 1 amide bonds. The first-order chi connectivity index (χ1) is 13.3. The van der Waals surface area contributed by atoms with Crippen LogP contribution in [-0.2, 0) is 17.6 Å². The molecule has 1 aliphatic heterocycles. The Labute approximate surface area is 158 Å². The van der Waals surface area contributed by atoms with Gasteiger partial charge >= 0.3 is 0 Å². The minimum atomic E-state index is 0.158. The average Bonchev–Trinajstić information content (AvgIpc) is 3.39. The zero-order valence-electron chi connectivity index (χ0n) is 15.2. The molecule has 0 spiro atoms. The monoisotopic (exact) mass is 365 g/mol. The lowest BCUT2D eigenvalue weighted by Crippen LogP contribution is -2.39. The third-order valence-corrected chi connectivity index (χ3v) is 5.10. The molecule has 0 unspecified atom stereocenters. The van der Waals surface area contributed by atoms with E-state index in [1.807, 2.05) is 11.0 Å². The van der Waals surface area contributed by atoms with Gasteiger partial charge in [-0.25, -0.2) is 0 Å². The van der Waals surface area contributed by atoms with Crippen LogP contribution in [0.5, 0.6) is 0 Å². The number of aryl methyl sites for hydroxylation is 1. The van der Waals surface area contributed by atoms with Crippen molar-refractivity contribution >= 4 is 5.91 Å². The smallest absolute Gasteiger partial charge is 0.238 e. The van der Waals surface area contributed by atoms with Crippen molar-refractivity contribution in [3.05, 3.63) is 60.2 Å². The second-order valence-corrected chi connectivity index (χ2v) is 7.00. The summed E-state index contributed by atoms with van der Waals surface area (Å²) >= 11 is 0. The van der Waals surface area contributed by atoms with Crippen molar-refractivity contribution in [3.63, 3.8) is 0 Å². The van der Waals surface area contributed by atoms with Gasteiger partial charge in [0, 0.05) is 25.9 Å². The second kappa shape index (κ2) is 8.20. The van der Waals surface area contributed by atoms with E-state index in [9.17, 15) is 4.79 Å². The van der Waals surface area contributed by atoms with Crippen LogP contribution >= 0.6 is 0 Å². The van der Waals surface area contributed by atoms with Gasteiger partial charge in [0.2, 0.25) is 17.6 Å². The molecule has 0 saturated carbocycles. The first-order valence-corrected chi connectivity index (χ1v) is 9.46. The molecule has 0 atom stereocenters. The van der Waals surface area contributed by atoms with Gasteiger partial charge in [-0.05, 0) is 42.9 Å². The summed E-state index contributed by atoms with van der Waals surface area (Å²) in [5, 5.41) is 3.89. The quantitative estimate of drug-likeness (QED) is 0.665. The lowest BCUT2D eigenvalue weighted by atomic mass is 9.90. The third kappa shape index (κ3) is 4.45. The molecule has 3 aromatic rings. The fourth-order valence-corrected chi connectivity index (χ4v) is 3.57. The molecule has 2 aromatic heterocycles. The number of benzene rings is 1. The van der Waals surface area contributed by atoms with Gasteiger partial charge < -0.3 is 13.8 Å². The molecule has 3 heterocycles. The van der Waals surface area contributed by atoms with Gasteiger partial charge in [-0.3, -0.25) is 4.79 Å². The average molecular weight is 365 g/mol. The van der Waals surface area contributed by atoms with E-state index in [1.165, 1.54) is 5.56 Å². The topological polar surface area (TPSA) is 72.4 Å². The van der Waals surface area contributed by atoms with Crippen LogP contribution in [0.1, 0.15) is 30.7 Å². The number of furan rings is 1. The number of amides is 1. The maximum atomic E-state index is 12.5. The van der Waals surface area contributed by atoms with Gasteiger partial charge in [0.25, 0.3) is 0 Å². The van der Waals surface area contributed by atoms with Crippen LogP contribution in [0, 0.1) is 5.92 Å². The summed E-state index contributed by atoms with van der Waals surface area (Å²) < 4.78 is 10.5. The Balaban J connectivity index is 1.23. The summed E-state index contributed by atoms with van der Waals surface area (Å²) in [5.41, 5.74) is 1.38. The SMILES string of the molecule is O=C(CCc1nc(-c2ccco2)no1)N1CCC(Cc2ccccc2)CC1. The van der Waals surface area contributed by atoms with Crippen LogP contribution in [0.15, 0.2) is 57.7 Å². The first-order valence-electron chi connectivity index (χ1n) is 9.46. The van der Waals surface area contributed by atoms with Gasteiger partial charge in [0.1, 0.15) is 0 Å². The van der Waals surface area contributed by atoms with Crippen LogP contribution < -0.4 is 0 Å². The minimum Gasteiger partial charge on any atom is -0.461 e. The molecule has 1 aliphatic rings. The van der Waals surface area contributed by atoms with Crippen molar-refractivity contribution in [2.75, 3.05) is 13.1 Å². The van der Waals surface area contributed by atoms with E-state index in [4.69, 9.17) is 8.94 Å². The largest absolute Gasteiger partial charge is 0.461 e. The maximum Gasteiger partial charge on any atom is 0.238 e. The number of piperidine rings is 1. The lowest BCUT2D eigenvalue weighted by molar-refractivity contribution is -0.132. The molecule has 4 rings (SSSR count). The summed E-state index contributed by atoms with van der Waals surface area (Å²) in [6, 6.07) is 14.1. The normalized spacial score (nSPS) is 15.2. The van der Waals surface area contributed by atoms with E-state index < -0.39 is 0 Å². The molecule has 1 fully saturated rings. The lowest BCUT2D eigenvalue weighted by Gasteiger charge is -2.32. The van der Waals surface area contributed by atoms with Crippen LogP contribution in [0.25, 0.3) is 11.6 Å². The molecule has 1 aromatic carbocycles. The predicted molar refractivity (Wildman–Crippen MR) is 99.8 cm³/mol. The number of carbonyl (C=O) groups is 1. The third-order valence-electron chi connectivity index (χ3n) is 5.10. The van der Waals surface area contributed by atoms with E-state index >= 15 is 0 Å². The number of nitrogens with zero attached hydrogens (tertiary/aromatic N) is 3. The van der Waals surface area contributed by atoms with Crippen molar-refractivity contribution < 1.29 is 13.7 Å². The van der Waals surface area contributed by atoms with Crippen LogP contribution in [0.2, 0.25) is 0 Å². The summed E-state index contributed by atoms with van der Waals surface area (Å²) in [6.45, 7) is 1.66. The summed E-state index contributed by atoms with van der Waals surface area (Å²) in [7, 11) is 0. The van der Waals surface area contributed by atoms with E-state index in [1.54, 1.807) is 18.4 Å². The van der Waals surface area contributed by atoms with Crippen LogP contribution in [-0.4, -0.2) is 34.0 Å². The molecular weight excluding hydrogens is 342 g/mol. The summed E-state index contributed by atoms with van der Waals surface area (Å²) in [5.74, 6) is 2.27. The molecule has 140 valence electrons. The van der Waals surface area contributed by atoms with Crippen molar-refractivity contribution in [3.8, 4) is 11.6 Å². The summed E-state index contributed by atoms with van der Waals surface area (Å²) in [6.07, 6.45) is 5.63. The number of hydrogen-bond acceptors (Lipinski definition) is 5. The molecule has 6 heteroatoms. The molecule has 0 aliphatic carbocycles. The van der Waals surface area contributed by atoms with Gasteiger partial charge in [0.05, 0.1) is 6.26 Å². The van der Waals surface area contributed by atoms with Crippen molar-refractivity contribution in [2.24, 2.45) is 5.92 Å². The highest BCUT2D eigenvalue weighted by Crippen LogP contribution is 2.22. The molecule has 0 N–H and O–H groups in total. The van der Waals surface area contributed by atoms with Gasteiger partial charge in [-0.1, -0.05) is 35.5 Å². The fraction of sp³-hybridized carbons (Fsp3) is 0.381. The number of hydrogen-bond donors (Lipinski definition) is 0. The van der Waals surface area contributed by atoms with Crippen LogP contribution in [0.3, 0.4) is 0 Å². The first kappa shape index (κ1) is 17.5. The number of rotatable bonds is 6. The fourth-order valence-electron chi connectivity index (χ4n) is 3.57. The van der Waals surface area contributed by atoms with E-state index in [2.05, 4.69) is 34.4 Å². The van der Waals surface area contributed by atoms with Gasteiger partial charge in [-0.2, -0.15) is 4.98 Å². The van der Waals surface area contributed by atoms with E-state index in [0.29, 0.717) is 36.2 Å². The van der Waals surface area contributed by atoms with Crippen molar-refractivity contribution in [1.29, 1.82) is 0 Å². The highest BCUT2D eigenvalue weighted by atomic mass is 16.5. The summed E-state index contributed by atoms with van der Waals surface area (Å²) in [4.78, 5) is 18.7. The molecule has 27 heavy (non-hydrogen) atoms. The number of carbonyl (C=O) groups excluding carboxylic acids is 1. The number of likely N-dealkylation sites (tertiary alicyclic amines) is 1. The van der Waals surface area contributed by atoms with Gasteiger partial charge in [-0.15, -0.1) is 0 Å². The predicted octanol–water partition coefficient (Wildman–Crippen LogP) is 3.74. The van der Waals surface area contributed by atoms with Crippen molar-refractivity contribution in [1.82, 2.24) is 15.0 Å². The highest BCUT2D eigenvalue weighted by Gasteiger charge is 2.23. The second-order valence-electron chi connectivity index (χ2n) is 7.00. The van der Waals surface area contributed by atoms with Crippen molar-refractivity contribution in [2.45, 2.75) is 32.1 Å². The molecule has 1 saturated heterocycles.